The van der Waals surface area contributed by atoms with E-state index in [0.717, 1.165) is 10.6 Å². The van der Waals surface area contributed by atoms with Crippen molar-refractivity contribution in [2.45, 2.75) is 6.10 Å². The molecule has 2 N–H and O–H groups in total. The molecule has 0 aliphatic heterocycles. The van der Waals surface area contributed by atoms with Crippen LogP contribution in [-0.4, -0.2) is 12.1 Å². The molecular formula is C11H12N2OS. The molecule has 0 aliphatic rings. The smallest absolute Gasteiger partial charge is 0.134 e. The Balaban J connectivity index is 2.33. The van der Waals surface area contributed by atoms with Gasteiger partial charge in [-0.05, 0) is 5.56 Å². The second kappa shape index (κ2) is 4.42. The van der Waals surface area contributed by atoms with Gasteiger partial charge in [-0.25, -0.2) is 4.98 Å². The Hall–Kier alpha value is -1.39. The minimum absolute atomic E-state index is 0.117. The molecule has 0 amide bonds. The average molecular weight is 220 g/mol. The number of nitrogens with zero attached hydrogens (tertiary/aromatic N) is 1. The Morgan fingerprint density at radius 2 is 2.07 bits per heavy atom. The number of hydrogen-bond acceptors (Lipinski definition) is 4. The maximum atomic E-state index is 5.59. The number of nitrogens with two attached hydrogens (primary N) is 1. The van der Waals surface area contributed by atoms with E-state index in [1.807, 2.05) is 35.7 Å². The van der Waals surface area contributed by atoms with Gasteiger partial charge in [0.05, 0.1) is 0 Å². The number of nitrogen functional groups attached to an aromatic ring is 1. The summed E-state index contributed by atoms with van der Waals surface area (Å²) < 4.78 is 5.43. The first-order valence-electron chi connectivity index (χ1n) is 4.60. The summed E-state index contributed by atoms with van der Waals surface area (Å²) in [4.78, 5) is 4.23. The van der Waals surface area contributed by atoms with E-state index in [2.05, 4.69) is 4.98 Å². The fourth-order valence-electron chi connectivity index (χ4n) is 1.43. The molecule has 78 valence electrons. The lowest BCUT2D eigenvalue weighted by Crippen LogP contribution is -2.03. The number of benzene rings is 1. The number of anilines is 1. The molecule has 1 aromatic heterocycles. The highest BCUT2D eigenvalue weighted by molar-refractivity contribution is 7.10. The summed E-state index contributed by atoms with van der Waals surface area (Å²) in [7, 11) is 1.68. The standard InChI is InChI=1S/C11H12N2OS/c1-14-10(8-5-3-2-4-6-8)11-13-9(12)7-15-11/h2-7,10H,12H2,1H3. The molecule has 15 heavy (non-hydrogen) atoms. The third-order valence-corrected chi connectivity index (χ3v) is 3.01. The number of methoxy groups -OCH3 is 1. The summed E-state index contributed by atoms with van der Waals surface area (Å²) in [6.07, 6.45) is -0.117. The zero-order chi connectivity index (χ0) is 10.7. The lowest BCUT2D eigenvalue weighted by molar-refractivity contribution is 0.136. The molecule has 2 aromatic rings. The van der Waals surface area contributed by atoms with Crippen molar-refractivity contribution < 1.29 is 4.74 Å². The molecular weight excluding hydrogens is 208 g/mol. The molecule has 1 atom stereocenters. The molecule has 2 rings (SSSR count). The molecule has 0 saturated carbocycles. The fraction of sp³-hybridized carbons (Fsp3) is 0.182. The monoisotopic (exact) mass is 220 g/mol. The van der Waals surface area contributed by atoms with Gasteiger partial charge < -0.3 is 10.5 Å². The second-order valence-corrected chi connectivity index (χ2v) is 4.03. The average Bonchev–Trinajstić information content (AvgIpc) is 2.68. The van der Waals surface area contributed by atoms with Gasteiger partial charge in [-0.3, -0.25) is 0 Å². The van der Waals surface area contributed by atoms with Crippen LogP contribution in [0.2, 0.25) is 0 Å². The van der Waals surface area contributed by atoms with E-state index in [9.17, 15) is 0 Å². The molecule has 4 heteroatoms. The molecule has 1 unspecified atom stereocenters. The first kappa shape index (κ1) is 10.1. The molecule has 0 saturated heterocycles. The largest absolute Gasteiger partial charge is 0.383 e. The lowest BCUT2D eigenvalue weighted by atomic mass is 10.1. The fourth-order valence-corrected chi connectivity index (χ4v) is 2.24. The Morgan fingerprint density at radius 1 is 1.33 bits per heavy atom. The van der Waals surface area contributed by atoms with Crippen molar-refractivity contribution in [2.24, 2.45) is 0 Å². The van der Waals surface area contributed by atoms with Crippen molar-refractivity contribution in [3.8, 4) is 0 Å². The van der Waals surface area contributed by atoms with Gasteiger partial charge in [0.1, 0.15) is 16.9 Å². The van der Waals surface area contributed by atoms with Crippen LogP contribution >= 0.6 is 11.3 Å². The predicted octanol–water partition coefficient (Wildman–Crippen LogP) is 2.46. The summed E-state index contributed by atoms with van der Waals surface area (Å²) in [5.74, 6) is 0.549. The van der Waals surface area contributed by atoms with Crippen molar-refractivity contribution in [1.29, 1.82) is 0 Å². The van der Waals surface area contributed by atoms with Gasteiger partial charge in [-0.1, -0.05) is 30.3 Å². The maximum Gasteiger partial charge on any atom is 0.134 e. The molecule has 1 aromatic carbocycles. The summed E-state index contributed by atoms with van der Waals surface area (Å²) in [5, 5.41) is 2.71. The van der Waals surface area contributed by atoms with Crippen LogP contribution < -0.4 is 5.73 Å². The van der Waals surface area contributed by atoms with E-state index in [-0.39, 0.29) is 6.10 Å². The van der Waals surface area contributed by atoms with Gasteiger partial charge in [0, 0.05) is 12.5 Å². The Bertz CT molecular complexity index is 427. The zero-order valence-electron chi connectivity index (χ0n) is 8.38. The normalized spacial score (nSPS) is 12.6. The van der Waals surface area contributed by atoms with Crippen LogP contribution in [-0.2, 0) is 4.74 Å². The predicted molar refractivity (Wildman–Crippen MR) is 61.8 cm³/mol. The second-order valence-electron chi connectivity index (χ2n) is 3.14. The Morgan fingerprint density at radius 3 is 2.60 bits per heavy atom. The van der Waals surface area contributed by atoms with Crippen LogP contribution in [0.25, 0.3) is 0 Å². The van der Waals surface area contributed by atoms with E-state index in [0.29, 0.717) is 5.82 Å². The first-order chi connectivity index (χ1) is 7.31. The van der Waals surface area contributed by atoms with E-state index in [1.54, 1.807) is 7.11 Å². The Kier molecular flexibility index (Phi) is 2.99. The van der Waals surface area contributed by atoms with Crippen LogP contribution in [0.3, 0.4) is 0 Å². The topological polar surface area (TPSA) is 48.1 Å². The molecule has 0 aliphatic carbocycles. The molecule has 1 heterocycles. The number of hydrogen-bond donors (Lipinski definition) is 1. The van der Waals surface area contributed by atoms with Crippen molar-refractivity contribution >= 4 is 17.2 Å². The quantitative estimate of drug-likeness (QED) is 0.864. The zero-order valence-corrected chi connectivity index (χ0v) is 9.20. The van der Waals surface area contributed by atoms with Gasteiger partial charge in [0.25, 0.3) is 0 Å². The summed E-state index contributed by atoms with van der Waals surface area (Å²) in [5.41, 5.74) is 6.68. The highest BCUT2D eigenvalue weighted by atomic mass is 32.1. The van der Waals surface area contributed by atoms with Crippen LogP contribution in [0.15, 0.2) is 35.7 Å². The van der Waals surface area contributed by atoms with Gasteiger partial charge in [0.2, 0.25) is 0 Å². The Labute approximate surface area is 92.5 Å². The summed E-state index contributed by atoms with van der Waals surface area (Å²) in [6, 6.07) is 9.99. The van der Waals surface area contributed by atoms with Gasteiger partial charge in [-0.15, -0.1) is 11.3 Å². The molecule has 0 spiro atoms. The third kappa shape index (κ3) is 2.16. The van der Waals surface area contributed by atoms with Crippen LogP contribution in [0.5, 0.6) is 0 Å². The molecule has 0 fully saturated rings. The SMILES string of the molecule is COC(c1ccccc1)c1nc(N)cs1. The first-order valence-corrected chi connectivity index (χ1v) is 5.48. The van der Waals surface area contributed by atoms with E-state index in [1.165, 1.54) is 11.3 Å². The number of aromatic nitrogens is 1. The van der Waals surface area contributed by atoms with Gasteiger partial charge in [-0.2, -0.15) is 0 Å². The van der Waals surface area contributed by atoms with Crippen LogP contribution in [0.1, 0.15) is 16.7 Å². The van der Waals surface area contributed by atoms with E-state index < -0.39 is 0 Å². The van der Waals surface area contributed by atoms with Crippen molar-refractivity contribution in [3.63, 3.8) is 0 Å². The minimum Gasteiger partial charge on any atom is -0.383 e. The number of ether oxygens (including phenoxy) is 1. The van der Waals surface area contributed by atoms with Crippen LogP contribution in [0.4, 0.5) is 5.82 Å². The maximum absolute atomic E-state index is 5.59. The van der Waals surface area contributed by atoms with Crippen LogP contribution in [0, 0.1) is 0 Å². The van der Waals surface area contributed by atoms with Gasteiger partial charge in [0.15, 0.2) is 0 Å². The third-order valence-electron chi connectivity index (χ3n) is 2.10. The van der Waals surface area contributed by atoms with Crippen molar-refractivity contribution in [3.05, 3.63) is 46.3 Å². The summed E-state index contributed by atoms with van der Waals surface area (Å²) in [6.45, 7) is 0. The molecule has 3 nitrogen and oxygen atoms in total. The van der Waals surface area contributed by atoms with E-state index >= 15 is 0 Å². The highest BCUT2D eigenvalue weighted by Crippen LogP contribution is 2.28. The van der Waals surface area contributed by atoms with Crippen molar-refractivity contribution in [1.82, 2.24) is 4.98 Å². The van der Waals surface area contributed by atoms with Crippen molar-refractivity contribution in [2.75, 3.05) is 12.8 Å². The molecule has 0 bridgehead atoms. The number of thiazole rings is 1. The summed E-state index contributed by atoms with van der Waals surface area (Å²) >= 11 is 1.52. The number of rotatable bonds is 3. The minimum atomic E-state index is -0.117. The highest BCUT2D eigenvalue weighted by Gasteiger charge is 2.16. The van der Waals surface area contributed by atoms with Gasteiger partial charge >= 0.3 is 0 Å². The lowest BCUT2D eigenvalue weighted by Gasteiger charge is -2.12. The van der Waals surface area contributed by atoms with E-state index in [4.69, 9.17) is 10.5 Å². The molecule has 0 radical (unpaired) electrons.